The molecule has 0 saturated heterocycles. The number of H-pyrrole nitrogens is 1. The van der Waals surface area contributed by atoms with Crippen LogP contribution in [-0.2, 0) is 11.2 Å². The third-order valence-corrected chi connectivity index (χ3v) is 6.67. The lowest BCUT2D eigenvalue weighted by molar-refractivity contribution is -0.115. The largest absolute Gasteiger partial charge is 0.341 e. The summed E-state index contributed by atoms with van der Waals surface area (Å²) in [6.07, 6.45) is 1.67. The van der Waals surface area contributed by atoms with Crippen LogP contribution in [0.2, 0.25) is 5.02 Å². The molecule has 0 bridgehead atoms. The second kappa shape index (κ2) is 10.1. The highest BCUT2D eigenvalue weighted by molar-refractivity contribution is 6.35. The third kappa shape index (κ3) is 5.00. The molecule has 3 aromatic heterocycles. The third-order valence-electron chi connectivity index (χ3n) is 6.38. The number of hydrogen-bond acceptors (Lipinski definition) is 5. The van der Waals surface area contributed by atoms with E-state index in [0.717, 1.165) is 22.1 Å². The lowest BCUT2D eigenvalue weighted by atomic mass is 10.0. The molecule has 190 valence electrons. The molecule has 0 aliphatic heterocycles. The number of aromatic nitrogens is 4. The fraction of sp³-hybridized carbons (Fsp3) is 0.0645. The van der Waals surface area contributed by atoms with Crippen LogP contribution < -0.4 is 10.7 Å². The number of pyridine rings is 2. The molecule has 3 aromatic carbocycles. The first-order valence-corrected chi connectivity index (χ1v) is 12.7. The fourth-order valence-corrected chi connectivity index (χ4v) is 4.78. The van der Waals surface area contributed by atoms with Crippen molar-refractivity contribution in [2.24, 2.45) is 0 Å². The van der Waals surface area contributed by atoms with Crippen LogP contribution >= 0.6 is 11.6 Å². The molecule has 0 spiro atoms. The molecule has 6 aromatic rings. The Bertz CT molecular complexity index is 1920. The maximum atomic E-state index is 13.2. The normalized spacial score (nSPS) is 11.1. The van der Waals surface area contributed by atoms with Crippen molar-refractivity contribution in [3.8, 4) is 22.5 Å². The van der Waals surface area contributed by atoms with Crippen LogP contribution in [0.1, 0.15) is 11.3 Å². The minimum atomic E-state index is -0.330. The van der Waals surface area contributed by atoms with Gasteiger partial charge in [0, 0.05) is 40.2 Å². The summed E-state index contributed by atoms with van der Waals surface area (Å²) in [7, 11) is 0. The molecular formula is C31H22ClN5O2. The highest BCUT2D eigenvalue weighted by atomic mass is 35.5. The van der Waals surface area contributed by atoms with E-state index in [-0.39, 0.29) is 23.3 Å². The topological polar surface area (TPSA) is 101 Å². The second-order valence-electron chi connectivity index (χ2n) is 9.27. The number of aromatic amines is 1. The van der Waals surface area contributed by atoms with Crippen molar-refractivity contribution in [3.05, 3.63) is 118 Å². The maximum Gasteiger partial charge on any atom is 0.230 e. The van der Waals surface area contributed by atoms with Crippen LogP contribution in [0.4, 0.5) is 5.69 Å². The summed E-state index contributed by atoms with van der Waals surface area (Å²) >= 11 is 6.58. The van der Waals surface area contributed by atoms with Gasteiger partial charge in [-0.1, -0.05) is 65.7 Å². The average Bonchev–Trinajstić information content (AvgIpc) is 2.94. The van der Waals surface area contributed by atoms with E-state index in [2.05, 4.69) is 15.3 Å². The number of nitrogens with one attached hydrogen (secondary N) is 2. The van der Waals surface area contributed by atoms with E-state index in [1.807, 2.05) is 79.7 Å². The van der Waals surface area contributed by atoms with Gasteiger partial charge in [-0.2, -0.15) is 0 Å². The Morgan fingerprint density at radius 3 is 2.44 bits per heavy atom. The molecule has 6 rings (SSSR count). The van der Waals surface area contributed by atoms with Crippen LogP contribution in [0.3, 0.4) is 0 Å². The first kappa shape index (κ1) is 24.5. The van der Waals surface area contributed by atoms with E-state index in [1.165, 1.54) is 6.07 Å². The zero-order valence-corrected chi connectivity index (χ0v) is 21.7. The number of rotatable bonds is 5. The van der Waals surface area contributed by atoms with Gasteiger partial charge in [0.1, 0.15) is 0 Å². The SMILES string of the molecule is Cc1ccc(NC(=O)Cc2cc(=O)c3nc(-c4cc(Cl)c5ncccc5c4)c(-c4ccccc4)nc3[nH]2)cc1. The van der Waals surface area contributed by atoms with Gasteiger partial charge in [-0.15, -0.1) is 0 Å². The Hall–Kier alpha value is -4.88. The number of halogens is 1. The number of anilines is 1. The highest BCUT2D eigenvalue weighted by Gasteiger charge is 2.18. The van der Waals surface area contributed by atoms with Crippen LogP contribution in [0, 0.1) is 6.92 Å². The van der Waals surface area contributed by atoms with Crippen molar-refractivity contribution in [3.63, 3.8) is 0 Å². The molecular weight excluding hydrogens is 510 g/mol. The standard InChI is InChI=1S/C31H22ClN5O2/c1-18-9-11-22(12-10-18)34-26(39)17-23-16-25(38)30-31(35-23)37-28(19-6-3-2-4-7-19)29(36-30)21-14-20-8-5-13-33-27(20)24(32)15-21/h2-16H,17H2,1H3,(H,34,39)(H,35,37,38). The summed E-state index contributed by atoms with van der Waals surface area (Å²) in [5.41, 5.74) is 5.71. The predicted molar refractivity (Wildman–Crippen MR) is 155 cm³/mol. The monoisotopic (exact) mass is 531 g/mol. The summed E-state index contributed by atoms with van der Waals surface area (Å²) in [5.74, 6) is -0.249. The second-order valence-corrected chi connectivity index (χ2v) is 9.67. The summed E-state index contributed by atoms with van der Waals surface area (Å²) in [6.45, 7) is 1.98. The molecule has 0 unspecified atom stereocenters. The van der Waals surface area contributed by atoms with Crippen molar-refractivity contribution in [2.75, 3.05) is 5.32 Å². The smallest absolute Gasteiger partial charge is 0.230 e. The summed E-state index contributed by atoms with van der Waals surface area (Å²) in [4.78, 5) is 43.0. The number of amides is 1. The molecule has 2 N–H and O–H groups in total. The molecule has 0 fully saturated rings. The summed E-state index contributed by atoms with van der Waals surface area (Å²) < 4.78 is 0. The van der Waals surface area contributed by atoms with Gasteiger partial charge in [-0.05, 0) is 37.3 Å². The summed E-state index contributed by atoms with van der Waals surface area (Å²) in [5, 5.41) is 4.19. The van der Waals surface area contributed by atoms with Crippen molar-refractivity contribution in [2.45, 2.75) is 13.3 Å². The average molecular weight is 532 g/mol. The van der Waals surface area contributed by atoms with Gasteiger partial charge in [0.2, 0.25) is 11.3 Å². The van der Waals surface area contributed by atoms with Gasteiger partial charge in [0.25, 0.3) is 0 Å². The maximum absolute atomic E-state index is 13.2. The molecule has 3 heterocycles. The van der Waals surface area contributed by atoms with Gasteiger partial charge in [0.15, 0.2) is 11.2 Å². The number of aryl methyl sites for hydroxylation is 1. The zero-order valence-electron chi connectivity index (χ0n) is 20.9. The Labute approximate surface area is 228 Å². The number of hydrogen-bond donors (Lipinski definition) is 2. The van der Waals surface area contributed by atoms with E-state index < -0.39 is 0 Å². The number of carbonyl (C=O) groups is 1. The first-order chi connectivity index (χ1) is 18.9. The van der Waals surface area contributed by atoms with Crippen molar-refractivity contribution < 1.29 is 4.79 Å². The Morgan fingerprint density at radius 1 is 0.872 bits per heavy atom. The van der Waals surface area contributed by atoms with Crippen molar-refractivity contribution >= 4 is 45.3 Å². The number of fused-ring (bicyclic) bond motifs is 2. The Kier molecular flexibility index (Phi) is 6.34. The number of benzene rings is 3. The molecule has 0 saturated carbocycles. The molecule has 7 nitrogen and oxygen atoms in total. The van der Waals surface area contributed by atoms with Crippen LogP contribution in [0.25, 0.3) is 44.6 Å². The van der Waals surface area contributed by atoms with E-state index in [1.54, 1.807) is 12.3 Å². The zero-order chi connectivity index (χ0) is 26.9. The van der Waals surface area contributed by atoms with E-state index >= 15 is 0 Å². The van der Waals surface area contributed by atoms with Gasteiger partial charge in [-0.3, -0.25) is 14.6 Å². The Balaban J connectivity index is 1.45. The quantitative estimate of drug-likeness (QED) is 0.270. The van der Waals surface area contributed by atoms with E-state index in [9.17, 15) is 9.59 Å². The first-order valence-electron chi connectivity index (χ1n) is 12.4. The van der Waals surface area contributed by atoms with Gasteiger partial charge in [-0.25, -0.2) is 9.97 Å². The summed E-state index contributed by atoms with van der Waals surface area (Å²) in [6, 6.07) is 26.0. The predicted octanol–water partition coefficient (Wildman–Crippen LogP) is 6.34. The molecule has 0 atom stereocenters. The Morgan fingerprint density at radius 2 is 1.64 bits per heavy atom. The number of nitrogens with zero attached hydrogens (tertiary/aromatic N) is 3. The fourth-order valence-electron chi connectivity index (χ4n) is 4.50. The lowest BCUT2D eigenvalue weighted by Crippen LogP contribution is -2.17. The molecule has 0 radical (unpaired) electrons. The van der Waals surface area contributed by atoms with Crippen LogP contribution in [-0.4, -0.2) is 25.8 Å². The van der Waals surface area contributed by atoms with Gasteiger partial charge >= 0.3 is 0 Å². The van der Waals surface area contributed by atoms with E-state index in [4.69, 9.17) is 21.6 Å². The highest BCUT2D eigenvalue weighted by Crippen LogP contribution is 2.34. The van der Waals surface area contributed by atoms with Gasteiger partial charge in [0.05, 0.1) is 28.3 Å². The minimum Gasteiger partial charge on any atom is -0.341 e. The molecule has 39 heavy (non-hydrogen) atoms. The minimum absolute atomic E-state index is 0.0174. The van der Waals surface area contributed by atoms with Crippen LogP contribution in [0.5, 0.6) is 0 Å². The molecule has 0 aliphatic rings. The molecule has 8 heteroatoms. The number of carbonyl (C=O) groups excluding carboxylic acids is 1. The van der Waals surface area contributed by atoms with E-state index in [0.29, 0.717) is 39.0 Å². The lowest BCUT2D eigenvalue weighted by Gasteiger charge is -2.12. The van der Waals surface area contributed by atoms with Crippen molar-refractivity contribution in [1.29, 1.82) is 0 Å². The molecule has 1 amide bonds. The van der Waals surface area contributed by atoms with Gasteiger partial charge < -0.3 is 10.3 Å². The molecule has 0 aliphatic carbocycles. The van der Waals surface area contributed by atoms with Crippen molar-refractivity contribution in [1.82, 2.24) is 19.9 Å². The van der Waals surface area contributed by atoms with Crippen LogP contribution in [0.15, 0.2) is 95.9 Å².